The van der Waals surface area contributed by atoms with Gasteiger partial charge in [0.1, 0.15) is 5.75 Å². The summed E-state index contributed by atoms with van der Waals surface area (Å²) in [5.74, 6) is 0.836. The van der Waals surface area contributed by atoms with Crippen molar-refractivity contribution in [1.82, 2.24) is 4.98 Å². The van der Waals surface area contributed by atoms with Crippen LogP contribution in [0.2, 0.25) is 0 Å². The first kappa shape index (κ1) is 13.9. The van der Waals surface area contributed by atoms with Crippen molar-refractivity contribution < 1.29 is 9.84 Å². The van der Waals surface area contributed by atoms with Crippen LogP contribution in [-0.4, -0.2) is 23.7 Å². The Morgan fingerprint density at radius 3 is 2.95 bits per heavy atom. The first-order valence-electron chi connectivity index (χ1n) is 7.21. The quantitative estimate of drug-likeness (QED) is 0.941. The van der Waals surface area contributed by atoms with E-state index in [9.17, 15) is 5.11 Å². The van der Waals surface area contributed by atoms with Crippen LogP contribution < -0.4 is 9.64 Å². The lowest BCUT2D eigenvalue weighted by atomic mass is 9.99. The van der Waals surface area contributed by atoms with Crippen LogP contribution >= 0.6 is 0 Å². The maximum absolute atomic E-state index is 10.1. The Morgan fingerprint density at radius 1 is 1.33 bits per heavy atom. The topological polar surface area (TPSA) is 45.6 Å². The van der Waals surface area contributed by atoms with Gasteiger partial charge in [0.25, 0.3) is 0 Å². The van der Waals surface area contributed by atoms with Gasteiger partial charge in [0.15, 0.2) is 0 Å². The highest BCUT2D eigenvalue weighted by molar-refractivity contribution is 5.56. The molecule has 1 unspecified atom stereocenters. The van der Waals surface area contributed by atoms with Gasteiger partial charge in [0, 0.05) is 35.6 Å². The third kappa shape index (κ3) is 2.85. The molecule has 1 aliphatic heterocycles. The Morgan fingerprint density at radius 2 is 2.14 bits per heavy atom. The average Bonchev–Trinajstić information content (AvgIpc) is 2.50. The predicted molar refractivity (Wildman–Crippen MR) is 82.6 cm³/mol. The number of aromatic nitrogens is 1. The molecule has 1 aliphatic rings. The fourth-order valence-corrected chi connectivity index (χ4v) is 2.87. The zero-order chi connectivity index (χ0) is 14.8. The van der Waals surface area contributed by atoms with Crippen molar-refractivity contribution in [3.63, 3.8) is 0 Å². The van der Waals surface area contributed by atoms with E-state index < -0.39 is 0 Å². The highest BCUT2D eigenvalue weighted by Gasteiger charge is 2.23. The van der Waals surface area contributed by atoms with Crippen molar-refractivity contribution >= 4 is 5.69 Å². The molecule has 0 saturated heterocycles. The average molecular weight is 284 g/mol. The molecule has 0 radical (unpaired) electrons. The zero-order valence-corrected chi connectivity index (χ0v) is 12.4. The number of hydrogen-bond donors (Lipinski definition) is 1. The molecular weight excluding hydrogens is 264 g/mol. The molecule has 0 spiro atoms. The number of benzene rings is 1. The summed E-state index contributed by atoms with van der Waals surface area (Å²) >= 11 is 0. The number of ether oxygens (including phenoxy) is 1. The highest BCUT2D eigenvalue weighted by Crippen LogP contribution is 2.34. The van der Waals surface area contributed by atoms with Crippen LogP contribution in [0.3, 0.4) is 0 Å². The lowest BCUT2D eigenvalue weighted by Crippen LogP contribution is -2.31. The second kappa shape index (κ2) is 5.74. The fourth-order valence-electron chi connectivity index (χ4n) is 2.87. The molecule has 1 aromatic heterocycles. The van der Waals surface area contributed by atoms with E-state index in [4.69, 9.17) is 4.74 Å². The molecule has 21 heavy (non-hydrogen) atoms. The summed E-state index contributed by atoms with van der Waals surface area (Å²) in [5.41, 5.74) is 4.04. The number of anilines is 1. The summed E-state index contributed by atoms with van der Waals surface area (Å²) in [6.07, 6.45) is 0.386. The van der Waals surface area contributed by atoms with Crippen molar-refractivity contribution in [1.29, 1.82) is 0 Å². The number of methoxy groups -OCH3 is 1. The number of fused-ring (bicyclic) bond motifs is 1. The first-order chi connectivity index (χ1) is 10.2. The molecule has 0 aliphatic carbocycles. The van der Waals surface area contributed by atoms with Crippen LogP contribution in [0.1, 0.15) is 29.5 Å². The minimum Gasteiger partial charge on any atom is -0.497 e. The first-order valence-corrected chi connectivity index (χ1v) is 7.21. The Bertz CT molecular complexity index is 642. The highest BCUT2D eigenvalue weighted by atomic mass is 16.5. The summed E-state index contributed by atoms with van der Waals surface area (Å²) in [6, 6.07) is 11.9. The number of pyridine rings is 1. The molecular formula is C17H20N2O2. The molecule has 0 bridgehead atoms. The van der Waals surface area contributed by atoms with Crippen LogP contribution in [0.5, 0.6) is 5.75 Å². The van der Waals surface area contributed by atoms with Crippen molar-refractivity contribution in [3.8, 4) is 5.75 Å². The number of hydrogen-bond acceptors (Lipinski definition) is 4. The smallest absolute Gasteiger partial charge is 0.122 e. The molecule has 110 valence electrons. The van der Waals surface area contributed by atoms with Crippen LogP contribution in [-0.2, 0) is 6.54 Å². The Labute approximate surface area is 125 Å². The number of aryl methyl sites for hydroxylation is 1. The van der Waals surface area contributed by atoms with E-state index in [-0.39, 0.29) is 6.10 Å². The van der Waals surface area contributed by atoms with Gasteiger partial charge < -0.3 is 14.7 Å². The summed E-state index contributed by atoms with van der Waals surface area (Å²) in [6.45, 7) is 3.53. The molecule has 0 fully saturated rings. The molecule has 2 aromatic rings. The van der Waals surface area contributed by atoms with Crippen LogP contribution in [0.15, 0.2) is 36.4 Å². The third-order valence-corrected chi connectivity index (χ3v) is 3.88. The summed E-state index contributed by atoms with van der Waals surface area (Å²) < 4.78 is 5.31. The van der Waals surface area contributed by atoms with Gasteiger partial charge >= 0.3 is 0 Å². The maximum atomic E-state index is 10.1. The largest absolute Gasteiger partial charge is 0.497 e. The van der Waals surface area contributed by atoms with Gasteiger partial charge in [-0.15, -0.1) is 0 Å². The zero-order valence-electron chi connectivity index (χ0n) is 12.4. The molecule has 0 amide bonds. The molecule has 3 rings (SSSR count). The van der Waals surface area contributed by atoms with Crippen molar-refractivity contribution in [2.24, 2.45) is 0 Å². The van der Waals surface area contributed by atoms with Gasteiger partial charge in [-0.25, -0.2) is 0 Å². The second-order valence-electron chi connectivity index (χ2n) is 5.42. The SMILES string of the molecule is COc1cc(C)nc(CN2CCC(O)c3ccccc32)c1. The van der Waals surface area contributed by atoms with Crippen molar-refractivity contribution in [2.45, 2.75) is 26.0 Å². The van der Waals surface area contributed by atoms with Crippen LogP contribution in [0.4, 0.5) is 5.69 Å². The molecule has 2 heterocycles. The number of nitrogens with zero attached hydrogens (tertiary/aromatic N) is 2. The van der Waals surface area contributed by atoms with E-state index in [2.05, 4.69) is 16.0 Å². The van der Waals surface area contributed by atoms with E-state index in [1.165, 1.54) is 0 Å². The predicted octanol–water partition coefficient (Wildman–Crippen LogP) is 2.84. The van der Waals surface area contributed by atoms with Crippen molar-refractivity contribution in [3.05, 3.63) is 53.3 Å². The Kier molecular flexibility index (Phi) is 3.80. The number of rotatable bonds is 3. The summed E-state index contributed by atoms with van der Waals surface area (Å²) in [4.78, 5) is 6.85. The van der Waals surface area contributed by atoms with Crippen molar-refractivity contribution in [2.75, 3.05) is 18.6 Å². The fraction of sp³-hybridized carbons (Fsp3) is 0.353. The van der Waals surface area contributed by atoms with Gasteiger partial charge in [-0.05, 0) is 19.4 Å². The van der Waals surface area contributed by atoms with E-state index in [0.29, 0.717) is 0 Å². The lowest BCUT2D eigenvalue weighted by molar-refractivity contribution is 0.164. The van der Waals surface area contributed by atoms with Gasteiger partial charge in [-0.3, -0.25) is 4.98 Å². The minimum atomic E-state index is -0.363. The molecule has 1 N–H and O–H groups in total. The molecule has 1 atom stereocenters. The van der Waals surface area contributed by atoms with Gasteiger partial charge in [-0.1, -0.05) is 18.2 Å². The van der Waals surface area contributed by atoms with Crippen LogP contribution in [0.25, 0.3) is 0 Å². The number of aliphatic hydroxyl groups is 1. The van der Waals surface area contributed by atoms with E-state index >= 15 is 0 Å². The molecule has 1 aromatic carbocycles. The normalized spacial score (nSPS) is 17.5. The van der Waals surface area contributed by atoms with E-state index in [1.807, 2.05) is 37.3 Å². The van der Waals surface area contributed by atoms with Gasteiger partial charge in [0.2, 0.25) is 0 Å². The number of para-hydroxylation sites is 1. The molecule has 4 nitrogen and oxygen atoms in total. The number of aliphatic hydroxyl groups excluding tert-OH is 1. The van der Waals surface area contributed by atoms with Gasteiger partial charge in [0.05, 0.1) is 25.5 Å². The van der Waals surface area contributed by atoms with Gasteiger partial charge in [-0.2, -0.15) is 0 Å². The summed E-state index contributed by atoms with van der Waals surface area (Å²) in [5, 5.41) is 10.1. The lowest BCUT2D eigenvalue weighted by Gasteiger charge is -2.33. The monoisotopic (exact) mass is 284 g/mol. The second-order valence-corrected chi connectivity index (χ2v) is 5.42. The standard InChI is InChI=1S/C17H20N2O2/c1-12-9-14(21-2)10-13(18-12)11-19-8-7-17(20)15-5-3-4-6-16(15)19/h3-6,9-10,17,20H,7-8,11H2,1-2H3. The Hall–Kier alpha value is -2.07. The summed E-state index contributed by atoms with van der Waals surface area (Å²) in [7, 11) is 1.67. The molecule has 4 heteroatoms. The van der Waals surface area contributed by atoms with Crippen LogP contribution in [0, 0.1) is 6.92 Å². The molecule has 0 saturated carbocycles. The maximum Gasteiger partial charge on any atom is 0.122 e. The minimum absolute atomic E-state index is 0.363. The Balaban J connectivity index is 1.89. The van der Waals surface area contributed by atoms with E-state index in [0.717, 1.165) is 47.9 Å². The van der Waals surface area contributed by atoms with E-state index in [1.54, 1.807) is 7.11 Å². The third-order valence-electron chi connectivity index (χ3n) is 3.88.